The largest absolute Gasteiger partial charge is 0.489 e. The van der Waals surface area contributed by atoms with E-state index in [1.54, 1.807) is 6.21 Å². The van der Waals surface area contributed by atoms with Crippen molar-refractivity contribution in [2.24, 2.45) is 5.10 Å². The first-order valence-electron chi connectivity index (χ1n) is 9.46. The number of carbonyl (C=O) groups excluding carboxylic acids is 1. The van der Waals surface area contributed by atoms with Crippen molar-refractivity contribution in [1.82, 2.24) is 15.6 Å². The number of fused-ring (bicyclic) bond motifs is 1. The maximum Gasteiger partial charge on any atom is 0.292 e. The minimum atomic E-state index is -0.285. The number of ether oxygens (including phenoxy) is 1. The molecule has 0 saturated heterocycles. The Morgan fingerprint density at radius 1 is 1.14 bits per heavy atom. The summed E-state index contributed by atoms with van der Waals surface area (Å²) in [6.45, 7) is 0.502. The average molecular weight is 374 g/mol. The molecule has 0 spiro atoms. The first-order valence-corrected chi connectivity index (χ1v) is 9.46. The van der Waals surface area contributed by atoms with E-state index in [4.69, 9.17) is 4.74 Å². The maximum absolute atomic E-state index is 12.4. The number of aromatic nitrogens is 2. The zero-order valence-electron chi connectivity index (χ0n) is 15.5. The van der Waals surface area contributed by atoms with Crippen LogP contribution in [0.4, 0.5) is 0 Å². The lowest BCUT2D eigenvalue weighted by Gasteiger charge is -2.10. The van der Waals surface area contributed by atoms with Crippen molar-refractivity contribution in [2.45, 2.75) is 32.3 Å². The van der Waals surface area contributed by atoms with Crippen LogP contribution >= 0.6 is 0 Å². The SMILES string of the molecule is O=C(N/N=C/c1cccc(OCc2ccccc2)c1)c1n[nH]c2c1CCCC2. The molecule has 1 aliphatic carbocycles. The van der Waals surface area contributed by atoms with Gasteiger partial charge in [-0.25, -0.2) is 5.43 Å². The molecule has 1 aliphatic rings. The van der Waals surface area contributed by atoms with Gasteiger partial charge >= 0.3 is 0 Å². The Morgan fingerprint density at radius 3 is 2.89 bits per heavy atom. The summed E-state index contributed by atoms with van der Waals surface area (Å²) in [4.78, 5) is 12.4. The molecule has 0 bridgehead atoms. The molecule has 0 unspecified atom stereocenters. The standard InChI is InChI=1S/C22H22N4O2/c27-22(21-19-11-4-5-12-20(19)24-25-21)26-23-14-17-9-6-10-18(13-17)28-15-16-7-2-1-3-8-16/h1-3,6-10,13-14H,4-5,11-12,15H2,(H,24,25)(H,26,27)/b23-14+. The van der Waals surface area contributed by atoms with Crippen LogP contribution < -0.4 is 10.2 Å². The minimum Gasteiger partial charge on any atom is -0.489 e. The molecule has 0 aliphatic heterocycles. The van der Waals surface area contributed by atoms with Gasteiger partial charge in [-0.05, 0) is 48.9 Å². The lowest BCUT2D eigenvalue weighted by molar-refractivity contribution is 0.0949. The van der Waals surface area contributed by atoms with Crippen LogP contribution in [0.25, 0.3) is 0 Å². The van der Waals surface area contributed by atoms with Gasteiger partial charge in [-0.3, -0.25) is 9.89 Å². The topological polar surface area (TPSA) is 79.4 Å². The van der Waals surface area contributed by atoms with Gasteiger partial charge in [0.2, 0.25) is 0 Å². The molecule has 6 heteroatoms. The number of carbonyl (C=O) groups is 1. The lowest BCUT2D eigenvalue weighted by atomic mass is 9.96. The van der Waals surface area contributed by atoms with Gasteiger partial charge in [-0.2, -0.15) is 10.2 Å². The summed E-state index contributed by atoms with van der Waals surface area (Å²) in [5, 5.41) is 11.2. The van der Waals surface area contributed by atoms with Gasteiger partial charge in [0.1, 0.15) is 12.4 Å². The maximum atomic E-state index is 12.4. The summed E-state index contributed by atoms with van der Waals surface area (Å²) in [5.74, 6) is 0.465. The van der Waals surface area contributed by atoms with E-state index in [1.807, 2.05) is 54.6 Å². The van der Waals surface area contributed by atoms with E-state index in [2.05, 4.69) is 20.7 Å². The molecule has 2 aromatic carbocycles. The summed E-state index contributed by atoms with van der Waals surface area (Å²) < 4.78 is 5.82. The number of nitrogens with zero attached hydrogens (tertiary/aromatic N) is 2. The van der Waals surface area contributed by atoms with Gasteiger partial charge in [0, 0.05) is 11.3 Å². The van der Waals surface area contributed by atoms with Gasteiger partial charge in [0.15, 0.2) is 5.69 Å². The molecule has 1 amide bonds. The molecule has 6 nitrogen and oxygen atoms in total. The quantitative estimate of drug-likeness (QED) is 0.511. The summed E-state index contributed by atoms with van der Waals surface area (Å²) in [6, 6.07) is 17.6. The number of hydrazone groups is 1. The number of rotatable bonds is 6. The van der Waals surface area contributed by atoms with E-state index in [0.717, 1.165) is 53.8 Å². The van der Waals surface area contributed by atoms with E-state index >= 15 is 0 Å². The number of nitrogens with one attached hydrogen (secondary N) is 2. The van der Waals surface area contributed by atoms with E-state index in [1.165, 1.54) is 0 Å². The zero-order chi connectivity index (χ0) is 19.2. The Bertz CT molecular complexity index is 979. The highest BCUT2D eigenvalue weighted by Crippen LogP contribution is 2.22. The second-order valence-electron chi connectivity index (χ2n) is 6.78. The third-order valence-electron chi connectivity index (χ3n) is 4.76. The first kappa shape index (κ1) is 18.0. The number of H-pyrrole nitrogens is 1. The van der Waals surface area contributed by atoms with Gasteiger partial charge < -0.3 is 4.74 Å². The van der Waals surface area contributed by atoms with E-state index in [-0.39, 0.29) is 5.91 Å². The van der Waals surface area contributed by atoms with Crippen molar-refractivity contribution < 1.29 is 9.53 Å². The fourth-order valence-corrected chi connectivity index (χ4v) is 3.31. The summed E-state index contributed by atoms with van der Waals surface area (Å²) >= 11 is 0. The number of hydrogen-bond acceptors (Lipinski definition) is 4. The molecule has 142 valence electrons. The van der Waals surface area contributed by atoms with Crippen molar-refractivity contribution in [3.05, 3.63) is 82.7 Å². The van der Waals surface area contributed by atoms with E-state index in [9.17, 15) is 4.79 Å². The molecule has 0 radical (unpaired) electrons. The third-order valence-corrected chi connectivity index (χ3v) is 4.76. The Kier molecular flexibility index (Phi) is 5.47. The highest BCUT2D eigenvalue weighted by molar-refractivity contribution is 5.94. The van der Waals surface area contributed by atoms with Crippen molar-refractivity contribution in [1.29, 1.82) is 0 Å². The second-order valence-corrected chi connectivity index (χ2v) is 6.78. The van der Waals surface area contributed by atoms with Gasteiger partial charge in [0.05, 0.1) is 6.21 Å². The molecular formula is C22H22N4O2. The van der Waals surface area contributed by atoms with E-state index in [0.29, 0.717) is 12.3 Å². The van der Waals surface area contributed by atoms with Crippen molar-refractivity contribution in [3.8, 4) is 5.75 Å². The van der Waals surface area contributed by atoms with Crippen LogP contribution in [0, 0.1) is 0 Å². The summed E-state index contributed by atoms with van der Waals surface area (Å²) in [5.41, 5.74) is 7.07. The van der Waals surface area contributed by atoms with Gasteiger partial charge in [-0.1, -0.05) is 42.5 Å². The first-order chi connectivity index (χ1) is 13.8. The van der Waals surface area contributed by atoms with E-state index < -0.39 is 0 Å². The Labute approximate surface area is 163 Å². The van der Waals surface area contributed by atoms with Crippen LogP contribution in [-0.2, 0) is 19.4 Å². The van der Waals surface area contributed by atoms with Crippen LogP contribution in [0.1, 0.15) is 45.7 Å². The Hall–Kier alpha value is -3.41. The van der Waals surface area contributed by atoms with Crippen LogP contribution in [0.3, 0.4) is 0 Å². The van der Waals surface area contributed by atoms with Crippen molar-refractivity contribution in [2.75, 3.05) is 0 Å². The van der Waals surface area contributed by atoms with Crippen molar-refractivity contribution in [3.63, 3.8) is 0 Å². The van der Waals surface area contributed by atoms with Crippen molar-refractivity contribution >= 4 is 12.1 Å². The summed E-state index contributed by atoms with van der Waals surface area (Å²) in [7, 11) is 0. The smallest absolute Gasteiger partial charge is 0.292 e. The molecule has 28 heavy (non-hydrogen) atoms. The fourth-order valence-electron chi connectivity index (χ4n) is 3.31. The zero-order valence-corrected chi connectivity index (χ0v) is 15.5. The predicted molar refractivity (Wildman–Crippen MR) is 108 cm³/mol. The number of amides is 1. The van der Waals surface area contributed by atoms with Gasteiger partial charge in [-0.15, -0.1) is 0 Å². The molecule has 0 saturated carbocycles. The molecular weight excluding hydrogens is 352 g/mol. The number of aryl methyl sites for hydroxylation is 1. The normalized spacial score (nSPS) is 13.3. The molecule has 1 heterocycles. The fraction of sp³-hybridized carbons (Fsp3) is 0.227. The Morgan fingerprint density at radius 2 is 2.00 bits per heavy atom. The van der Waals surface area contributed by atoms with Crippen LogP contribution in [-0.4, -0.2) is 22.3 Å². The monoisotopic (exact) mass is 374 g/mol. The van der Waals surface area contributed by atoms with Crippen LogP contribution in [0.2, 0.25) is 0 Å². The molecule has 2 N–H and O–H groups in total. The lowest BCUT2D eigenvalue weighted by Crippen LogP contribution is -2.20. The average Bonchev–Trinajstić information content (AvgIpc) is 3.18. The Balaban J connectivity index is 1.35. The molecule has 3 aromatic rings. The number of aromatic amines is 1. The summed E-state index contributed by atoms with van der Waals surface area (Å²) in [6.07, 6.45) is 5.67. The highest BCUT2D eigenvalue weighted by atomic mass is 16.5. The molecule has 4 rings (SSSR count). The third kappa shape index (κ3) is 4.28. The second kappa shape index (κ2) is 8.52. The van der Waals surface area contributed by atoms with Crippen LogP contribution in [0.5, 0.6) is 5.75 Å². The molecule has 0 atom stereocenters. The number of hydrogen-bond donors (Lipinski definition) is 2. The molecule has 1 aromatic heterocycles. The molecule has 0 fully saturated rings. The number of benzene rings is 2. The predicted octanol–water partition coefficient (Wildman–Crippen LogP) is 3.63. The highest BCUT2D eigenvalue weighted by Gasteiger charge is 2.21. The van der Waals surface area contributed by atoms with Gasteiger partial charge in [0.25, 0.3) is 5.91 Å². The minimum absolute atomic E-state index is 0.285. The van der Waals surface area contributed by atoms with Crippen LogP contribution in [0.15, 0.2) is 59.7 Å².